The number of aromatic nitrogens is 2. The lowest BCUT2D eigenvalue weighted by Crippen LogP contribution is -2.13. The predicted octanol–water partition coefficient (Wildman–Crippen LogP) is 3.25. The number of nitrogens with one attached hydrogen (secondary N) is 1. The molecule has 102 valence electrons. The largest absolute Gasteiger partial charge is 0.264 e. The van der Waals surface area contributed by atoms with Crippen molar-refractivity contribution in [1.29, 1.82) is 0 Å². The van der Waals surface area contributed by atoms with Gasteiger partial charge >= 0.3 is 0 Å². The zero-order chi connectivity index (χ0) is 14.2. The highest BCUT2D eigenvalue weighted by Crippen LogP contribution is 2.28. The lowest BCUT2D eigenvalue weighted by molar-refractivity contribution is 0.602. The Morgan fingerprint density at radius 2 is 2.05 bits per heavy atom. The fraction of sp³-hybridized carbons (Fsp3) is 0. The van der Waals surface area contributed by atoms with Gasteiger partial charge in [0.25, 0.3) is 10.0 Å². The number of fused-ring (bicyclic) bond motifs is 1. The molecule has 5 nitrogen and oxygen atoms in total. The first-order valence-corrected chi connectivity index (χ1v) is 8.62. The Morgan fingerprint density at radius 1 is 1.20 bits per heavy atom. The molecule has 0 saturated carbocycles. The average Bonchev–Trinajstić information content (AvgIpc) is 2.82. The predicted molar refractivity (Wildman–Crippen MR) is 82.4 cm³/mol. The smallest absolute Gasteiger partial charge is 0.264 e. The summed E-state index contributed by atoms with van der Waals surface area (Å²) in [4.78, 5) is 8.18. The lowest BCUT2D eigenvalue weighted by atomic mass is 10.2. The van der Waals surface area contributed by atoms with Gasteiger partial charge < -0.3 is 0 Å². The minimum absolute atomic E-state index is 0.212. The van der Waals surface area contributed by atoms with Crippen molar-refractivity contribution in [3.63, 3.8) is 0 Å². The molecule has 0 unspecified atom stereocenters. The van der Waals surface area contributed by atoms with Crippen LogP contribution in [0.4, 0.5) is 5.13 Å². The second kappa shape index (κ2) is 5.12. The normalized spacial score (nSPS) is 11.7. The van der Waals surface area contributed by atoms with Gasteiger partial charge in [-0.2, -0.15) is 0 Å². The third-order valence-electron chi connectivity index (χ3n) is 2.63. The summed E-state index contributed by atoms with van der Waals surface area (Å²) in [5.74, 6) is 0. The topological polar surface area (TPSA) is 72.0 Å². The highest BCUT2D eigenvalue weighted by Gasteiger charge is 2.18. The van der Waals surface area contributed by atoms with Crippen molar-refractivity contribution in [3.8, 4) is 0 Å². The molecule has 0 amide bonds. The first-order valence-electron chi connectivity index (χ1n) is 5.53. The number of benzene rings is 1. The summed E-state index contributed by atoms with van der Waals surface area (Å²) in [5, 5.41) is 1.73. The number of halogens is 1. The molecule has 1 N–H and O–H groups in total. The van der Waals surface area contributed by atoms with Crippen molar-refractivity contribution in [2.75, 3.05) is 4.72 Å². The molecule has 0 bridgehead atoms. The summed E-state index contributed by atoms with van der Waals surface area (Å²) in [6.45, 7) is 0. The molecule has 1 aromatic carbocycles. The van der Waals surface area contributed by atoms with Crippen molar-refractivity contribution in [3.05, 3.63) is 46.6 Å². The number of thiazole rings is 1. The van der Waals surface area contributed by atoms with Crippen LogP contribution in [-0.4, -0.2) is 18.4 Å². The Kier molecular flexibility index (Phi) is 3.45. The molecule has 0 spiro atoms. The van der Waals surface area contributed by atoms with Gasteiger partial charge in [-0.15, -0.1) is 0 Å². The van der Waals surface area contributed by atoms with Crippen molar-refractivity contribution in [1.82, 2.24) is 9.97 Å². The molecule has 0 aliphatic heterocycles. The van der Waals surface area contributed by atoms with E-state index < -0.39 is 10.0 Å². The molecule has 8 heteroatoms. The Labute approximate surface area is 127 Å². The van der Waals surface area contributed by atoms with Gasteiger partial charge in [0.15, 0.2) is 5.13 Å². The SMILES string of the molecule is O=S(=O)(Nc1ncc(Br)s1)c1cccc2cnccc12. The number of hydrogen-bond donors (Lipinski definition) is 1. The first kappa shape index (κ1) is 13.5. The van der Waals surface area contributed by atoms with Crippen LogP contribution in [0.1, 0.15) is 0 Å². The van der Waals surface area contributed by atoms with Gasteiger partial charge in [-0.25, -0.2) is 13.4 Å². The van der Waals surface area contributed by atoms with E-state index in [4.69, 9.17) is 0 Å². The van der Waals surface area contributed by atoms with Gasteiger partial charge in [0.2, 0.25) is 0 Å². The maximum Gasteiger partial charge on any atom is 0.264 e. The Morgan fingerprint density at radius 3 is 2.80 bits per heavy atom. The molecular formula is C12H8BrN3O2S2. The number of pyridine rings is 1. The molecule has 2 heterocycles. The Bertz CT molecular complexity index is 872. The van der Waals surface area contributed by atoms with E-state index in [1.807, 2.05) is 6.07 Å². The van der Waals surface area contributed by atoms with Crippen LogP contribution in [0.5, 0.6) is 0 Å². The average molecular weight is 370 g/mol. The number of nitrogens with zero attached hydrogens (tertiary/aromatic N) is 2. The molecule has 0 aliphatic carbocycles. The lowest BCUT2D eigenvalue weighted by Gasteiger charge is -2.08. The van der Waals surface area contributed by atoms with E-state index in [-0.39, 0.29) is 4.90 Å². The molecule has 0 atom stereocenters. The fourth-order valence-corrected chi connectivity index (χ4v) is 4.38. The molecule has 3 aromatic rings. The summed E-state index contributed by atoms with van der Waals surface area (Å²) in [5.41, 5.74) is 0. The van der Waals surface area contributed by atoms with Gasteiger partial charge in [-0.1, -0.05) is 23.5 Å². The maximum absolute atomic E-state index is 12.4. The molecule has 0 saturated heterocycles. The summed E-state index contributed by atoms with van der Waals surface area (Å²) < 4.78 is 28.1. The van der Waals surface area contributed by atoms with E-state index in [1.165, 1.54) is 11.3 Å². The number of rotatable bonds is 3. The van der Waals surface area contributed by atoms with Crippen LogP contribution in [0.15, 0.2) is 51.5 Å². The summed E-state index contributed by atoms with van der Waals surface area (Å²) in [6, 6.07) is 6.76. The molecule has 0 radical (unpaired) electrons. The van der Waals surface area contributed by atoms with Crippen LogP contribution in [-0.2, 0) is 10.0 Å². The van der Waals surface area contributed by atoms with Gasteiger partial charge in [-0.3, -0.25) is 9.71 Å². The van der Waals surface area contributed by atoms with E-state index in [0.717, 1.165) is 9.17 Å². The molecule has 3 rings (SSSR count). The van der Waals surface area contributed by atoms with Gasteiger partial charge in [0.1, 0.15) is 0 Å². The highest BCUT2D eigenvalue weighted by atomic mass is 79.9. The van der Waals surface area contributed by atoms with E-state index >= 15 is 0 Å². The Hall–Kier alpha value is -1.51. The third-order valence-corrected chi connectivity index (χ3v) is 5.55. The van der Waals surface area contributed by atoms with Gasteiger partial charge in [0.05, 0.1) is 14.9 Å². The van der Waals surface area contributed by atoms with Crippen LogP contribution < -0.4 is 4.72 Å². The summed E-state index contributed by atoms with van der Waals surface area (Å²) in [7, 11) is -3.68. The first-order chi connectivity index (χ1) is 9.56. The van der Waals surface area contributed by atoms with Gasteiger partial charge in [0, 0.05) is 23.2 Å². The van der Waals surface area contributed by atoms with Crippen LogP contribution in [0.2, 0.25) is 0 Å². The monoisotopic (exact) mass is 369 g/mol. The maximum atomic E-state index is 12.4. The summed E-state index contributed by atoms with van der Waals surface area (Å²) >= 11 is 4.47. The minimum Gasteiger partial charge on any atom is -0.264 e. The van der Waals surface area contributed by atoms with Crippen molar-refractivity contribution in [2.24, 2.45) is 0 Å². The second-order valence-corrected chi connectivity index (χ2v) is 7.99. The fourth-order valence-electron chi connectivity index (χ4n) is 1.80. The molecular weight excluding hydrogens is 362 g/mol. The van der Waals surface area contributed by atoms with E-state index in [9.17, 15) is 8.42 Å². The number of hydrogen-bond acceptors (Lipinski definition) is 5. The Balaban J connectivity index is 2.09. The van der Waals surface area contributed by atoms with Crippen LogP contribution >= 0.6 is 27.3 Å². The van der Waals surface area contributed by atoms with E-state index in [0.29, 0.717) is 10.5 Å². The van der Waals surface area contributed by atoms with Crippen molar-refractivity contribution in [2.45, 2.75) is 4.90 Å². The van der Waals surface area contributed by atoms with Crippen molar-refractivity contribution < 1.29 is 8.42 Å². The summed E-state index contributed by atoms with van der Waals surface area (Å²) in [6.07, 6.45) is 4.76. The van der Waals surface area contributed by atoms with Crippen LogP contribution in [0.3, 0.4) is 0 Å². The third kappa shape index (κ3) is 2.54. The van der Waals surface area contributed by atoms with Crippen molar-refractivity contribution >= 4 is 53.2 Å². The number of anilines is 1. The van der Waals surface area contributed by atoms with Crippen LogP contribution in [0.25, 0.3) is 10.8 Å². The standard InChI is InChI=1S/C12H8BrN3O2S2/c13-11-7-15-12(19-11)16-20(17,18)10-3-1-2-8-6-14-5-4-9(8)10/h1-7H,(H,15,16). The number of sulfonamides is 1. The molecule has 2 aromatic heterocycles. The molecule has 20 heavy (non-hydrogen) atoms. The second-order valence-electron chi connectivity index (χ2n) is 3.93. The highest BCUT2D eigenvalue weighted by molar-refractivity contribution is 9.11. The molecule has 0 fully saturated rings. The zero-order valence-electron chi connectivity index (χ0n) is 9.95. The van der Waals surface area contributed by atoms with E-state index in [1.54, 1.807) is 36.8 Å². The molecule has 0 aliphatic rings. The van der Waals surface area contributed by atoms with Gasteiger partial charge in [-0.05, 0) is 28.1 Å². The van der Waals surface area contributed by atoms with E-state index in [2.05, 4.69) is 30.6 Å². The minimum atomic E-state index is -3.68. The van der Waals surface area contributed by atoms with Crippen LogP contribution in [0, 0.1) is 0 Å². The zero-order valence-corrected chi connectivity index (χ0v) is 13.2. The quantitative estimate of drug-likeness (QED) is 0.768.